The quantitative estimate of drug-likeness (QED) is 0.0339. The first kappa shape index (κ1) is 122. The SMILES string of the molecule is C.CCC.CCCC.CCCc1ccccc1.[CH3-].[CH3-].[CH3-].[Cl][Pd+].[Cl][Pd+].[Cl][Pd+].c1ccc(-c2nn(-c3ccccc3)c(-c3ccccc3)c2-n2nccc2[PH+](C2CCCCC2)C2CCCCC2)cc1.c1ccc(-c2nn(-c3ccccc3)c(-c3ccccc3)c2-n2nccc2[PH+](C2CCCCC2)C2CCCCC2)cc1.c1ccc(-c2nn(-c3ccccc3)c(-c3ccccc3)c2-n2nccc2[PH+](C2CCCCC2)C2CCCCC2)cc1. The monoisotopic (exact) mass is 2380 g/mol. The molecule has 0 spiro atoms. The third kappa shape index (κ3) is 32.4. The number of benzene rings is 10. The molecule has 0 saturated heterocycles. The molecule has 6 heterocycles. The molecule has 6 fully saturated rings. The number of nitrogens with zero attached hydrogens (tertiary/aromatic N) is 12. The molecule has 10 aromatic carbocycles. The molecule has 12 nitrogen and oxygen atoms in total. The van der Waals surface area contributed by atoms with E-state index in [1.54, 1.807) is 0 Å². The Bertz CT molecular complexity index is 5640. The van der Waals surface area contributed by atoms with Crippen LogP contribution in [0.5, 0.6) is 0 Å². The van der Waals surface area contributed by atoms with Crippen LogP contribution in [-0.4, -0.2) is 92.6 Å². The molecule has 0 atom stereocenters. The van der Waals surface area contributed by atoms with Crippen molar-refractivity contribution in [3.8, 4) is 102 Å². The van der Waals surface area contributed by atoms with Crippen molar-refractivity contribution >= 4 is 68.7 Å². The Kier molecular flexibility index (Phi) is 55.3. The minimum Gasteiger partial charge on any atom is -0.230 e. The van der Waals surface area contributed by atoms with E-state index in [1.807, 2.05) is 0 Å². The minimum atomic E-state index is -0.844. The van der Waals surface area contributed by atoms with Gasteiger partial charge in [-0.05, 0) is 202 Å². The summed E-state index contributed by atoms with van der Waals surface area (Å²) in [5, 5.41) is 31.6. The van der Waals surface area contributed by atoms with Gasteiger partial charge in [0.15, 0.2) is 16.3 Å². The van der Waals surface area contributed by atoms with E-state index in [1.165, 1.54) is 247 Å². The number of para-hydroxylation sites is 3. The molecule has 6 saturated carbocycles. The van der Waals surface area contributed by atoms with Gasteiger partial charge in [0, 0.05) is 51.6 Å². The maximum absolute atomic E-state index is 5.38. The summed E-state index contributed by atoms with van der Waals surface area (Å²) in [6.45, 7) is 10.8. The molecule has 16 aromatic rings. The number of hydrogen-bond acceptors (Lipinski definition) is 6. The van der Waals surface area contributed by atoms with Gasteiger partial charge >= 0.3 is 83.1 Å². The molecule has 6 aliphatic rings. The fourth-order valence-corrected chi connectivity index (χ4v) is 35.5. The molecule has 0 radical (unpaired) electrons. The molecule has 6 aromatic heterocycles. The first-order valence-electron chi connectivity index (χ1n) is 53.9. The van der Waals surface area contributed by atoms with Gasteiger partial charge in [0.2, 0.25) is 0 Å². The van der Waals surface area contributed by atoms with E-state index >= 15 is 0 Å². The van der Waals surface area contributed by atoms with Gasteiger partial charge in [-0.1, -0.05) is 373 Å². The fraction of sp³-hybridized carbons (Fsp3) is 0.367. The summed E-state index contributed by atoms with van der Waals surface area (Å²) < 4.78 is 13.5. The fourth-order valence-electron chi connectivity index (χ4n) is 22.8. The van der Waals surface area contributed by atoms with Crippen LogP contribution >= 0.6 is 52.4 Å². The van der Waals surface area contributed by atoms with Crippen LogP contribution in [0.3, 0.4) is 0 Å². The van der Waals surface area contributed by atoms with E-state index in [2.05, 4.69) is 486 Å². The number of aryl methyl sites for hydroxylation is 1. The number of aromatic nitrogens is 12. The average molecular weight is 2390 g/mol. The van der Waals surface area contributed by atoms with Crippen LogP contribution in [0, 0.1) is 22.3 Å². The molecule has 21 heteroatoms. The van der Waals surface area contributed by atoms with Gasteiger partial charge in [-0.15, -0.1) is 0 Å². The molecule has 149 heavy (non-hydrogen) atoms. The summed E-state index contributed by atoms with van der Waals surface area (Å²) in [5.74, 6) is 0. The van der Waals surface area contributed by atoms with Crippen molar-refractivity contribution in [2.45, 2.75) is 301 Å². The van der Waals surface area contributed by atoms with Crippen molar-refractivity contribution in [1.29, 1.82) is 0 Å². The molecule has 0 bridgehead atoms. The van der Waals surface area contributed by atoms with Gasteiger partial charge in [0.25, 0.3) is 0 Å². The van der Waals surface area contributed by atoms with Crippen LogP contribution in [0.1, 0.15) is 266 Å². The summed E-state index contributed by atoms with van der Waals surface area (Å²) >= 11 is 6.67. The molecule has 22 rings (SSSR count). The van der Waals surface area contributed by atoms with Crippen molar-refractivity contribution in [3.63, 3.8) is 0 Å². The summed E-state index contributed by atoms with van der Waals surface area (Å²) in [6, 6.07) is 114. The standard InChI is InChI=1S/3C36H39N4P.C9H12.C4H10.C3H8.CH4.3CH3.3ClH.3Pd/c3*1-6-16-28(17-7-1)34-36(35(29-18-8-2-9-19-29)39(38-34)30-20-10-3-11-21-30)40-33(26-27-37-40)41(31-22-12-4-13-23-31)32-24-14-5-15-25-32;1-2-6-9-7-4-3-5-8-9;1-3-4-2;1-3-2;;;;;;;;;;/h3*1-3,6-11,16-21,26-27,31-32H,4-5,12-15,22-25H2;3-5,7-8H,2,6H2,1H3;3-4H2,1-2H3;3H2,1-2H3;1H4;3*1H3;3*1H;;;/q;;;;;;;3*-1;;;;3*+2. The summed E-state index contributed by atoms with van der Waals surface area (Å²) in [7, 11) is 10.9. The Balaban J connectivity index is 0.000000205. The molecule has 0 aliphatic heterocycles. The second kappa shape index (κ2) is 67.3. The van der Waals surface area contributed by atoms with Crippen LogP contribution in [-0.2, 0) is 61.0 Å². The Morgan fingerprint density at radius 1 is 0.235 bits per heavy atom. The summed E-state index contributed by atoms with van der Waals surface area (Å²) in [4.78, 5) is 0. The number of halogens is 3. The number of hydrogen-bond donors (Lipinski definition) is 0. The second-order valence-corrected chi connectivity index (χ2v) is 48.4. The van der Waals surface area contributed by atoms with E-state index in [0.717, 1.165) is 136 Å². The molecular weight excluding hydrogens is 2220 g/mol. The summed E-state index contributed by atoms with van der Waals surface area (Å²) in [6.07, 6.45) is 54.2. The number of rotatable bonds is 24. The van der Waals surface area contributed by atoms with E-state index < -0.39 is 23.8 Å². The van der Waals surface area contributed by atoms with Gasteiger partial charge < -0.3 is 22.3 Å². The Morgan fingerprint density at radius 2 is 0.416 bits per heavy atom. The van der Waals surface area contributed by atoms with Crippen LogP contribution in [0.25, 0.3) is 102 Å². The van der Waals surface area contributed by atoms with Gasteiger partial charge in [-0.2, -0.15) is 44.6 Å². The topological polar surface area (TPSA) is 107 Å². The number of unbranched alkanes of at least 4 members (excludes halogenated alkanes) is 1. The van der Waals surface area contributed by atoms with Gasteiger partial charge in [0.1, 0.15) is 51.2 Å². The zero-order valence-corrected chi connectivity index (χ0v) is 98.4. The average Bonchev–Trinajstić information content (AvgIpc) is 1.60. The largest absolute Gasteiger partial charge is 0.230 e. The second-order valence-electron chi connectivity index (χ2n) is 39.3. The predicted molar refractivity (Wildman–Crippen MR) is 640 cm³/mol. The Labute approximate surface area is 943 Å². The molecule has 0 N–H and O–H groups in total. The third-order valence-corrected chi connectivity index (χ3v) is 41.1. The smallest absolute Gasteiger partial charge is 0.183 e. The zero-order chi connectivity index (χ0) is 101. The normalized spacial score (nSPS) is 14.9. The maximum Gasteiger partial charge on any atom is 0.183 e. The summed E-state index contributed by atoms with van der Waals surface area (Å²) in [5.41, 5.74) is 30.5. The van der Waals surface area contributed by atoms with Gasteiger partial charge in [-0.3, -0.25) is 0 Å². The van der Waals surface area contributed by atoms with Crippen LogP contribution in [0.4, 0.5) is 0 Å². The van der Waals surface area contributed by atoms with E-state index in [-0.39, 0.29) is 29.7 Å². The van der Waals surface area contributed by atoms with E-state index in [4.69, 9.17) is 30.6 Å². The Morgan fingerprint density at radius 3 is 0.604 bits per heavy atom. The van der Waals surface area contributed by atoms with E-state index in [9.17, 15) is 0 Å². The first-order valence-corrected chi connectivity index (χ1v) is 64.9. The zero-order valence-electron chi connectivity index (χ0n) is 88.5. The maximum atomic E-state index is 5.38. The van der Waals surface area contributed by atoms with Gasteiger partial charge in [0.05, 0.1) is 93.4 Å². The third-order valence-electron chi connectivity index (χ3n) is 29.5. The van der Waals surface area contributed by atoms with Crippen molar-refractivity contribution in [3.05, 3.63) is 368 Å². The van der Waals surface area contributed by atoms with Crippen LogP contribution < -0.4 is 16.3 Å². The minimum absolute atomic E-state index is 0. The molecule has 6 aliphatic carbocycles. The van der Waals surface area contributed by atoms with Crippen molar-refractivity contribution < 1.29 is 54.5 Å². The first-order chi connectivity index (χ1) is 71.9. The molecule has 0 amide bonds. The predicted octanol–water partition coefficient (Wildman–Crippen LogP) is 36.6. The van der Waals surface area contributed by atoms with Crippen molar-refractivity contribution in [2.75, 3.05) is 0 Å². The van der Waals surface area contributed by atoms with Crippen molar-refractivity contribution in [1.82, 2.24) is 58.7 Å². The van der Waals surface area contributed by atoms with Crippen LogP contribution in [0.15, 0.2) is 340 Å². The molecule has 0 unspecified atom stereocenters. The molecular formula is C128H163Cl3N12P3Pd3+3. The Hall–Kier alpha value is -8.39. The van der Waals surface area contributed by atoms with Crippen molar-refractivity contribution in [2.24, 2.45) is 0 Å². The van der Waals surface area contributed by atoms with Gasteiger partial charge in [-0.25, -0.2) is 14.0 Å². The molecule has 798 valence electrons. The van der Waals surface area contributed by atoms with Crippen LogP contribution in [0.2, 0.25) is 0 Å². The van der Waals surface area contributed by atoms with E-state index in [0.29, 0.717) is 0 Å².